The number of carbonyl (C=O) groups is 1. The van der Waals surface area contributed by atoms with Gasteiger partial charge in [0.1, 0.15) is 0 Å². The molecule has 6 rings (SSSR count). The largest absolute Gasteiger partial charge is 0.303 e. The Morgan fingerprint density at radius 3 is 2.00 bits per heavy atom. The zero-order valence-electron chi connectivity index (χ0n) is 21.1. The summed E-state index contributed by atoms with van der Waals surface area (Å²) in [4.78, 5) is 15.9. The summed E-state index contributed by atoms with van der Waals surface area (Å²) < 4.78 is 0. The number of carbonyl (C=O) groups excluding carboxylic acids is 1. The maximum absolute atomic E-state index is 13.3. The highest BCUT2D eigenvalue weighted by Gasteiger charge is 2.32. The molecule has 1 aliphatic heterocycles. The van der Waals surface area contributed by atoms with Crippen LogP contribution in [0.15, 0.2) is 109 Å². The van der Waals surface area contributed by atoms with E-state index < -0.39 is 0 Å². The summed E-state index contributed by atoms with van der Waals surface area (Å²) in [6.07, 6.45) is 5.82. The molecule has 2 aliphatic rings. The highest BCUT2D eigenvalue weighted by molar-refractivity contribution is 6.09. The fourth-order valence-electron chi connectivity index (χ4n) is 6.06. The van der Waals surface area contributed by atoms with Crippen molar-refractivity contribution in [3.05, 3.63) is 120 Å². The van der Waals surface area contributed by atoms with Crippen LogP contribution in [0.3, 0.4) is 0 Å². The molecule has 1 saturated heterocycles. The molecule has 0 radical (unpaired) electrons. The minimum absolute atomic E-state index is 0.197. The lowest BCUT2D eigenvalue weighted by molar-refractivity contribution is 0.0918. The van der Waals surface area contributed by atoms with E-state index >= 15 is 0 Å². The zero-order valence-corrected chi connectivity index (χ0v) is 21.1. The zero-order chi connectivity index (χ0) is 24.6. The first-order valence-electron chi connectivity index (χ1n) is 13.6. The maximum Gasteiger partial charge on any atom is 0.166 e. The lowest BCUT2D eigenvalue weighted by Crippen LogP contribution is -2.36. The van der Waals surface area contributed by atoms with Gasteiger partial charge in [-0.1, -0.05) is 109 Å². The Balaban J connectivity index is 0.000000391. The predicted octanol–water partition coefficient (Wildman–Crippen LogP) is 8.01. The molecule has 0 amide bonds. The smallest absolute Gasteiger partial charge is 0.166 e. The Labute approximate surface area is 216 Å². The summed E-state index contributed by atoms with van der Waals surface area (Å²) in [5.74, 6) is 1.94. The van der Waals surface area contributed by atoms with Crippen molar-refractivity contribution in [1.82, 2.24) is 4.90 Å². The van der Waals surface area contributed by atoms with Gasteiger partial charge in [-0.15, -0.1) is 0 Å². The normalized spacial score (nSPS) is 20.6. The second kappa shape index (κ2) is 12.1. The van der Waals surface area contributed by atoms with E-state index in [1.54, 1.807) is 0 Å². The van der Waals surface area contributed by atoms with Gasteiger partial charge in [0.25, 0.3) is 0 Å². The summed E-state index contributed by atoms with van der Waals surface area (Å²) in [5.41, 5.74) is 2.42. The number of nitrogens with zero attached hydrogens (tertiary/aromatic N) is 1. The van der Waals surface area contributed by atoms with Gasteiger partial charge in [-0.05, 0) is 73.4 Å². The molecular weight excluding hydrogens is 438 g/mol. The molecule has 0 bridgehead atoms. The van der Waals surface area contributed by atoms with E-state index in [-0.39, 0.29) is 5.92 Å². The van der Waals surface area contributed by atoms with Crippen LogP contribution in [0, 0.1) is 11.8 Å². The van der Waals surface area contributed by atoms with Gasteiger partial charge in [-0.2, -0.15) is 0 Å². The molecule has 2 nitrogen and oxygen atoms in total. The number of hydrogen-bond acceptors (Lipinski definition) is 2. The number of piperidine rings is 1. The van der Waals surface area contributed by atoms with Crippen molar-refractivity contribution in [2.45, 2.75) is 38.0 Å². The summed E-state index contributed by atoms with van der Waals surface area (Å²) in [6.45, 7) is 3.55. The highest BCUT2D eigenvalue weighted by Crippen LogP contribution is 2.36. The Hall–Kier alpha value is -3.23. The van der Waals surface area contributed by atoms with Crippen LogP contribution in [0.2, 0.25) is 0 Å². The Bertz CT molecular complexity index is 1200. The van der Waals surface area contributed by atoms with E-state index in [1.807, 2.05) is 60.7 Å². The van der Waals surface area contributed by atoms with Crippen LogP contribution in [0.1, 0.15) is 53.9 Å². The lowest BCUT2D eigenvalue weighted by atomic mass is 9.89. The average molecular weight is 476 g/mol. The average Bonchev–Trinajstić information content (AvgIpc) is 3.43. The molecule has 4 aromatic rings. The number of rotatable bonds is 5. The third kappa shape index (κ3) is 6.12. The molecule has 0 N–H and O–H groups in total. The monoisotopic (exact) mass is 475 g/mol. The van der Waals surface area contributed by atoms with Crippen molar-refractivity contribution in [3.63, 3.8) is 0 Å². The van der Waals surface area contributed by atoms with Gasteiger partial charge in [0.2, 0.25) is 0 Å². The van der Waals surface area contributed by atoms with E-state index in [0.29, 0.717) is 17.6 Å². The van der Waals surface area contributed by atoms with E-state index in [2.05, 4.69) is 53.4 Å². The summed E-state index contributed by atoms with van der Waals surface area (Å²) >= 11 is 0. The molecule has 1 saturated carbocycles. The van der Waals surface area contributed by atoms with Crippen molar-refractivity contribution in [2.24, 2.45) is 11.8 Å². The number of ketones is 1. The fourth-order valence-corrected chi connectivity index (χ4v) is 6.06. The molecule has 0 spiro atoms. The molecule has 2 unspecified atom stereocenters. The second-order valence-corrected chi connectivity index (χ2v) is 10.4. The van der Waals surface area contributed by atoms with Crippen LogP contribution in [0.5, 0.6) is 0 Å². The lowest BCUT2D eigenvalue weighted by Gasteiger charge is -2.33. The third-order valence-corrected chi connectivity index (χ3v) is 8.01. The molecule has 2 fully saturated rings. The minimum atomic E-state index is 0.197. The van der Waals surface area contributed by atoms with Gasteiger partial charge in [0.15, 0.2) is 5.78 Å². The van der Waals surface area contributed by atoms with E-state index in [1.165, 1.54) is 49.8 Å². The topological polar surface area (TPSA) is 20.3 Å². The highest BCUT2D eigenvalue weighted by atomic mass is 16.1. The SMILES string of the molecule is O=C(c1cccc2ccccc12)C1CCC(CN2CCC(c3ccccc3)CC2)C1.c1ccccc1. The predicted molar refractivity (Wildman–Crippen MR) is 150 cm³/mol. The third-order valence-electron chi connectivity index (χ3n) is 8.01. The summed E-state index contributed by atoms with van der Waals surface area (Å²) in [7, 11) is 0. The Morgan fingerprint density at radius 1 is 0.667 bits per heavy atom. The molecule has 184 valence electrons. The summed E-state index contributed by atoms with van der Waals surface area (Å²) in [5, 5.41) is 2.27. The summed E-state index contributed by atoms with van der Waals surface area (Å²) in [6, 6.07) is 37.4. The van der Waals surface area contributed by atoms with Gasteiger partial charge in [-0.25, -0.2) is 0 Å². The Kier molecular flexibility index (Phi) is 8.25. The molecule has 2 atom stereocenters. The standard InChI is InChI=1S/C28H31NO.C6H6/c30-28(27-12-6-10-24-9-4-5-11-26(24)27)25-14-13-21(19-25)20-29-17-15-23(16-18-29)22-7-2-1-3-8-22;1-2-4-6-5-3-1/h1-12,21,23,25H,13-20H2;1-6H. The molecule has 36 heavy (non-hydrogen) atoms. The van der Waals surface area contributed by atoms with Crippen LogP contribution in [-0.4, -0.2) is 30.3 Å². The first kappa shape index (κ1) is 24.5. The number of likely N-dealkylation sites (tertiary alicyclic amines) is 1. The molecule has 1 aliphatic carbocycles. The second-order valence-electron chi connectivity index (χ2n) is 10.4. The van der Waals surface area contributed by atoms with Crippen LogP contribution in [-0.2, 0) is 0 Å². The minimum Gasteiger partial charge on any atom is -0.303 e. The van der Waals surface area contributed by atoms with Crippen LogP contribution >= 0.6 is 0 Å². The van der Waals surface area contributed by atoms with Crippen molar-refractivity contribution >= 4 is 16.6 Å². The van der Waals surface area contributed by atoms with Gasteiger partial charge < -0.3 is 4.90 Å². The van der Waals surface area contributed by atoms with Crippen LogP contribution < -0.4 is 0 Å². The fraction of sp³-hybridized carbons (Fsp3) is 0.324. The van der Waals surface area contributed by atoms with Crippen LogP contribution in [0.4, 0.5) is 0 Å². The molecule has 1 heterocycles. The van der Waals surface area contributed by atoms with Gasteiger partial charge >= 0.3 is 0 Å². The van der Waals surface area contributed by atoms with Crippen LogP contribution in [0.25, 0.3) is 10.8 Å². The number of benzene rings is 4. The molecular formula is C34H37NO. The molecule has 4 aromatic carbocycles. The van der Waals surface area contributed by atoms with Gasteiger partial charge in [0.05, 0.1) is 0 Å². The Morgan fingerprint density at radius 2 is 1.28 bits per heavy atom. The van der Waals surface area contributed by atoms with Crippen molar-refractivity contribution in [1.29, 1.82) is 0 Å². The van der Waals surface area contributed by atoms with Gasteiger partial charge in [-0.3, -0.25) is 4.79 Å². The quantitative estimate of drug-likeness (QED) is 0.273. The van der Waals surface area contributed by atoms with Crippen molar-refractivity contribution < 1.29 is 4.79 Å². The van der Waals surface area contributed by atoms with E-state index in [9.17, 15) is 4.79 Å². The maximum atomic E-state index is 13.3. The first-order chi connectivity index (χ1) is 17.8. The number of fused-ring (bicyclic) bond motifs is 1. The van der Waals surface area contributed by atoms with E-state index in [0.717, 1.165) is 23.8 Å². The number of hydrogen-bond donors (Lipinski definition) is 0. The first-order valence-corrected chi connectivity index (χ1v) is 13.6. The molecule has 0 aromatic heterocycles. The van der Waals surface area contributed by atoms with E-state index in [4.69, 9.17) is 0 Å². The van der Waals surface area contributed by atoms with Crippen molar-refractivity contribution in [2.75, 3.05) is 19.6 Å². The molecule has 2 heteroatoms. The van der Waals surface area contributed by atoms with Crippen molar-refractivity contribution in [3.8, 4) is 0 Å². The van der Waals surface area contributed by atoms with Gasteiger partial charge in [0, 0.05) is 18.0 Å². The number of Topliss-reactive ketones (excluding diaryl/α,β-unsaturated/α-hetero) is 1.